The lowest BCUT2D eigenvalue weighted by Crippen LogP contribution is -2.36. The number of rotatable bonds is 6. The average molecular weight is 410 g/mol. The molecule has 2 rings (SSSR count). The van der Waals surface area contributed by atoms with Gasteiger partial charge in [0.15, 0.2) is 0 Å². The molecule has 0 spiro atoms. The summed E-state index contributed by atoms with van der Waals surface area (Å²) in [4.78, 5) is 11.3. The molecule has 1 fully saturated rings. The van der Waals surface area contributed by atoms with E-state index in [2.05, 4.69) is 53.6 Å². The van der Waals surface area contributed by atoms with Crippen LogP contribution in [0, 0.1) is 24.7 Å². The molecular formula is C20H32BrN3O. The molecule has 0 radical (unpaired) electrons. The molecule has 1 aliphatic rings. The van der Waals surface area contributed by atoms with Gasteiger partial charge in [0.05, 0.1) is 22.2 Å². The van der Waals surface area contributed by atoms with Crippen molar-refractivity contribution < 1.29 is 4.74 Å². The maximum absolute atomic E-state index is 6.39. The lowest BCUT2D eigenvalue weighted by atomic mass is 9.75. The van der Waals surface area contributed by atoms with Gasteiger partial charge in [-0.05, 0) is 66.4 Å². The number of hydrogen-bond donors (Lipinski definition) is 0. The van der Waals surface area contributed by atoms with E-state index in [1.54, 1.807) is 0 Å². The van der Waals surface area contributed by atoms with Gasteiger partial charge in [-0.1, -0.05) is 27.2 Å². The van der Waals surface area contributed by atoms with Gasteiger partial charge in [-0.2, -0.15) is 0 Å². The molecule has 5 heteroatoms. The fraction of sp³-hybridized carbons (Fsp3) is 0.700. The average Bonchev–Trinajstić information content (AvgIpc) is 2.56. The van der Waals surface area contributed by atoms with Crippen LogP contribution >= 0.6 is 15.9 Å². The molecule has 1 heterocycles. The van der Waals surface area contributed by atoms with Gasteiger partial charge in [0.1, 0.15) is 6.10 Å². The highest BCUT2D eigenvalue weighted by Gasteiger charge is 2.33. The lowest BCUT2D eigenvalue weighted by Gasteiger charge is -2.37. The molecule has 140 valence electrons. The number of hydrogen-bond acceptors (Lipinski definition) is 3. The van der Waals surface area contributed by atoms with Crippen LogP contribution in [0.25, 0.3) is 0 Å². The molecule has 1 saturated carbocycles. The van der Waals surface area contributed by atoms with Crippen LogP contribution in [0.1, 0.15) is 52.7 Å². The van der Waals surface area contributed by atoms with E-state index in [0.29, 0.717) is 23.6 Å². The summed E-state index contributed by atoms with van der Waals surface area (Å²) in [6, 6.07) is 2.01. The van der Waals surface area contributed by atoms with Gasteiger partial charge in [0.25, 0.3) is 0 Å². The van der Waals surface area contributed by atoms with Crippen molar-refractivity contribution in [2.75, 3.05) is 13.6 Å². The summed E-state index contributed by atoms with van der Waals surface area (Å²) >= 11 is 3.63. The van der Waals surface area contributed by atoms with Crippen LogP contribution in [0.3, 0.4) is 0 Å². The van der Waals surface area contributed by atoms with Crippen molar-refractivity contribution in [3.63, 3.8) is 0 Å². The van der Waals surface area contributed by atoms with Crippen LogP contribution in [-0.2, 0) is 0 Å². The maximum Gasteiger partial charge on any atom is 0.228 e. The zero-order chi connectivity index (χ0) is 18.6. The number of pyridine rings is 1. The van der Waals surface area contributed by atoms with Gasteiger partial charge in [0.2, 0.25) is 5.88 Å². The van der Waals surface area contributed by atoms with Gasteiger partial charge in [-0.15, -0.1) is 0 Å². The van der Waals surface area contributed by atoms with Crippen LogP contribution in [0.4, 0.5) is 5.69 Å². The Morgan fingerprint density at radius 1 is 1.44 bits per heavy atom. The number of halogens is 1. The molecule has 0 aliphatic heterocycles. The summed E-state index contributed by atoms with van der Waals surface area (Å²) in [5, 5.41) is 0. The largest absolute Gasteiger partial charge is 0.473 e. The molecule has 4 nitrogen and oxygen atoms in total. The minimum Gasteiger partial charge on any atom is -0.473 e. The van der Waals surface area contributed by atoms with Crippen molar-refractivity contribution in [3.05, 3.63) is 16.2 Å². The molecule has 0 aromatic carbocycles. The Kier molecular flexibility index (Phi) is 7.29. The SMILES string of the molecule is CCN(C)/C=N/c1cc(Br)c(OC2CC(C)CCC2C(C)C)nc1C. The fourth-order valence-electron chi connectivity index (χ4n) is 3.40. The predicted octanol–water partition coefficient (Wildman–Crippen LogP) is 5.60. The molecule has 1 aromatic rings. The molecule has 25 heavy (non-hydrogen) atoms. The Morgan fingerprint density at radius 2 is 2.16 bits per heavy atom. The van der Waals surface area contributed by atoms with Gasteiger partial charge in [0, 0.05) is 13.6 Å². The molecular weight excluding hydrogens is 378 g/mol. The van der Waals surface area contributed by atoms with Crippen LogP contribution in [0.15, 0.2) is 15.5 Å². The second kappa shape index (κ2) is 9.02. The van der Waals surface area contributed by atoms with E-state index < -0.39 is 0 Å². The van der Waals surface area contributed by atoms with E-state index in [4.69, 9.17) is 4.74 Å². The lowest BCUT2D eigenvalue weighted by molar-refractivity contribution is 0.0419. The predicted molar refractivity (Wildman–Crippen MR) is 109 cm³/mol. The summed E-state index contributed by atoms with van der Waals surface area (Å²) in [6.07, 6.45) is 5.74. The highest BCUT2D eigenvalue weighted by atomic mass is 79.9. The fourth-order valence-corrected chi connectivity index (χ4v) is 3.80. The molecule has 0 saturated heterocycles. The minimum atomic E-state index is 0.243. The second-order valence-corrected chi connectivity index (χ2v) is 8.53. The Balaban J connectivity index is 2.19. The van der Waals surface area contributed by atoms with Crippen LogP contribution < -0.4 is 4.74 Å². The molecule has 0 bridgehead atoms. The first kappa shape index (κ1) is 20.2. The van der Waals surface area contributed by atoms with Gasteiger partial charge in [-0.25, -0.2) is 9.98 Å². The summed E-state index contributed by atoms with van der Waals surface area (Å²) in [5.74, 6) is 2.64. The Labute approximate surface area is 161 Å². The van der Waals surface area contributed by atoms with Gasteiger partial charge < -0.3 is 9.64 Å². The number of ether oxygens (including phenoxy) is 1. The minimum absolute atomic E-state index is 0.243. The van der Waals surface area contributed by atoms with E-state index >= 15 is 0 Å². The van der Waals surface area contributed by atoms with Gasteiger partial charge >= 0.3 is 0 Å². The number of aryl methyl sites for hydroxylation is 1. The standard InChI is InChI=1S/C20H32BrN3O/c1-7-24(6)12-22-18-11-17(21)20(23-15(18)5)25-19-10-14(4)8-9-16(19)13(2)3/h11-14,16,19H,7-10H2,1-6H3/b22-12+. The second-order valence-electron chi connectivity index (χ2n) is 7.68. The van der Waals surface area contributed by atoms with E-state index in [1.807, 2.05) is 31.3 Å². The first-order valence-electron chi connectivity index (χ1n) is 9.40. The van der Waals surface area contributed by atoms with Crippen molar-refractivity contribution in [1.29, 1.82) is 0 Å². The van der Waals surface area contributed by atoms with Crippen LogP contribution in [-0.4, -0.2) is 35.9 Å². The molecule has 1 aromatic heterocycles. The van der Waals surface area contributed by atoms with Crippen molar-refractivity contribution in [2.45, 2.75) is 60.0 Å². The highest BCUT2D eigenvalue weighted by Crippen LogP contribution is 2.38. The van der Waals surface area contributed by atoms with Crippen molar-refractivity contribution >= 4 is 28.0 Å². The summed E-state index contributed by atoms with van der Waals surface area (Å²) < 4.78 is 7.27. The highest BCUT2D eigenvalue weighted by molar-refractivity contribution is 9.10. The number of aromatic nitrogens is 1. The van der Waals surface area contributed by atoms with E-state index in [1.165, 1.54) is 12.8 Å². The molecule has 3 unspecified atom stereocenters. The van der Waals surface area contributed by atoms with E-state index in [0.717, 1.165) is 28.8 Å². The topological polar surface area (TPSA) is 37.7 Å². The van der Waals surface area contributed by atoms with Crippen molar-refractivity contribution in [1.82, 2.24) is 9.88 Å². The summed E-state index contributed by atoms with van der Waals surface area (Å²) in [6.45, 7) is 11.9. The van der Waals surface area contributed by atoms with Gasteiger partial charge in [-0.3, -0.25) is 0 Å². The molecule has 1 aliphatic carbocycles. The maximum atomic E-state index is 6.39. The Hall–Kier alpha value is -1.10. The van der Waals surface area contributed by atoms with E-state index in [9.17, 15) is 0 Å². The summed E-state index contributed by atoms with van der Waals surface area (Å²) in [7, 11) is 2.01. The monoisotopic (exact) mass is 409 g/mol. The Bertz CT molecular complexity index is 603. The number of nitrogens with zero attached hydrogens (tertiary/aromatic N) is 3. The Morgan fingerprint density at radius 3 is 2.80 bits per heavy atom. The van der Waals surface area contributed by atoms with Crippen molar-refractivity contribution in [2.24, 2.45) is 22.7 Å². The smallest absolute Gasteiger partial charge is 0.228 e. The zero-order valence-electron chi connectivity index (χ0n) is 16.4. The van der Waals surface area contributed by atoms with Crippen molar-refractivity contribution in [3.8, 4) is 5.88 Å². The molecule has 0 amide bonds. The molecule has 3 atom stereocenters. The third kappa shape index (κ3) is 5.44. The van der Waals surface area contributed by atoms with Crippen LogP contribution in [0.5, 0.6) is 5.88 Å². The first-order chi connectivity index (χ1) is 11.8. The number of aliphatic imine (C=N–C) groups is 1. The third-order valence-electron chi connectivity index (χ3n) is 5.22. The quantitative estimate of drug-likeness (QED) is 0.452. The third-order valence-corrected chi connectivity index (χ3v) is 5.79. The molecule has 0 N–H and O–H groups in total. The zero-order valence-corrected chi connectivity index (χ0v) is 18.0. The van der Waals surface area contributed by atoms with Crippen LogP contribution in [0.2, 0.25) is 0 Å². The first-order valence-corrected chi connectivity index (χ1v) is 10.2. The van der Waals surface area contributed by atoms with E-state index in [-0.39, 0.29) is 6.10 Å². The summed E-state index contributed by atoms with van der Waals surface area (Å²) in [5.41, 5.74) is 1.76. The normalized spacial score (nSPS) is 24.1.